The van der Waals surface area contributed by atoms with Crippen LogP contribution < -0.4 is 4.90 Å². The molecule has 3 rings (SSSR count). The lowest BCUT2D eigenvalue weighted by Gasteiger charge is -2.14. The van der Waals surface area contributed by atoms with Gasteiger partial charge in [-0.05, 0) is 22.6 Å². The smallest absolute Gasteiger partial charge is 0.247 e. The van der Waals surface area contributed by atoms with Crippen molar-refractivity contribution in [1.29, 1.82) is 0 Å². The van der Waals surface area contributed by atoms with Gasteiger partial charge in [-0.3, -0.25) is 9.59 Å². The molecule has 1 aromatic carbocycles. The molecule has 2 aromatic rings. The highest BCUT2D eigenvalue weighted by atomic mass is 32.2. The van der Waals surface area contributed by atoms with E-state index in [0.717, 1.165) is 0 Å². The topological polar surface area (TPSA) is 81.0 Å². The summed E-state index contributed by atoms with van der Waals surface area (Å²) in [5.41, 5.74) is 0.599. The van der Waals surface area contributed by atoms with Crippen LogP contribution in [-0.2, 0) is 16.6 Å². The summed E-state index contributed by atoms with van der Waals surface area (Å²) >= 11 is 1.21. The van der Waals surface area contributed by atoms with Crippen LogP contribution >= 0.6 is 11.8 Å². The maximum Gasteiger partial charge on any atom is 0.247 e. The van der Waals surface area contributed by atoms with E-state index in [0.29, 0.717) is 10.8 Å². The van der Waals surface area contributed by atoms with E-state index in [1.165, 1.54) is 21.3 Å². The summed E-state index contributed by atoms with van der Waals surface area (Å²) in [4.78, 5) is 25.6. The van der Waals surface area contributed by atoms with Crippen LogP contribution in [0, 0.1) is 0 Å². The molecule has 1 aliphatic heterocycles. The second-order valence-corrected chi connectivity index (χ2v) is 5.47. The number of aryl methyl sites for hydroxylation is 1. The third-order valence-corrected chi connectivity index (χ3v) is 4.16. The fourth-order valence-electron chi connectivity index (χ4n) is 1.99. The Balaban J connectivity index is 1.82. The van der Waals surface area contributed by atoms with Gasteiger partial charge in [-0.25, -0.2) is 9.58 Å². The molecule has 0 radical (unpaired) electrons. The Hall–Kier alpha value is -2.22. The molecule has 0 unspecified atom stereocenters. The number of carbonyl (C=O) groups excluding carboxylic acids is 2. The van der Waals surface area contributed by atoms with Gasteiger partial charge in [0.2, 0.25) is 17.0 Å². The Kier molecular flexibility index (Phi) is 3.23. The number of anilines is 1. The Morgan fingerprint density at radius 3 is 2.65 bits per heavy atom. The minimum atomic E-state index is -0.479. The molecular formula is C12H11N5O2S. The highest BCUT2D eigenvalue weighted by molar-refractivity contribution is 8.00. The van der Waals surface area contributed by atoms with Gasteiger partial charge < -0.3 is 0 Å². The zero-order valence-electron chi connectivity index (χ0n) is 10.6. The molecule has 0 aliphatic carbocycles. The van der Waals surface area contributed by atoms with Crippen molar-refractivity contribution in [3.05, 3.63) is 30.3 Å². The third-order valence-electron chi connectivity index (χ3n) is 2.95. The lowest BCUT2D eigenvalue weighted by Crippen LogP contribution is -2.31. The number of aromatic nitrogens is 4. The van der Waals surface area contributed by atoms with E-state index >= 15 is 0 Å². The number of amides is 2. The van der Waals surface area contributed by atoms with Crippen LogP contribution in [-0.4, -0.2) is 37.3 Å². The lowest BCUT2D eigenvalue weighted by molar-refractivity contribution is -0.121. The van der Waals surface area contributed by atoms with Crippen molar-refractivity contribution in [2.24, 2.45) is 7.05 Å². The number of thioether (sulfide) groups is 1. The number of benzene rings is 1. The van der Waals surface area contributed by atoms with E-state index in [4.69, 9.17) is 0 Å². The van der Waals surface area contributed by atoms with Crippen molar-refractivity contribution in [3.63, 3.8) is 0 Å². The van der Waals surface area contributed by atoms with Gasteiger partial charge in [0.1, 0.15) is 5.25 Å². The summed E-state index contributed by atoms with van der Waals surface area (Å²) in [6.07, 6.45) is 0.158. The van der Waals surface area contributed by atoms with Gasteiger partial charge in [-0.2, -0.15) is 0 Å². The van der Waals surface area contributed by atoms with Crippen molar-refractivity contribution in [1.82, 2.24) is 20.2 Å². The summed E-state index contributed by atoms with van der Waals surface area (Å²) in [6, 6.07) is 8.91. The monoisotopic (exact) mass is 289 g/mol. The van der Waals surface area contributed by atoms with Crippen molar-refractivity contribution >= 4 is 29.3 Å². The van der Waals surface area contributed by atoms with Gasteiger partial charge in [0.25, 0.3) is 0 Å². The Morgan fingerprint density at radius 1 is 1.25 bits per heavy atom. The number of rotatable bonds is 3. The first kappa shape index (κ1) is 12.8. The molecule has 0 bridgehead atoms. The maximum atomic E-state index is 12.4. The fraction of sp³-hybridized carbons (Fsp3) is 0.250. The van der Waals surface area contributed by atoms with E-state index < -0.39 is 5.25 Å². The normalized spacial score (nSPS) is 18.9. The fourth-order valence-corrected chi connectivity index (χ4v) is 2.95. The minimum Gasteiger partial charge on any atom is -0.274 e. The van der Waals surface area contributed by atoms with E-state index in [9.17, 15) is 9.59 Å². The molecule has 0 spiro atoms. The number of hydrogen-bond acceptors (Lipinski definition) is 6. The van der Waals surface area contributed by atoms with Crippen molar-refractivity contribution in [2.75, 3.05) is 4.90 Å². The summed E-state index contributed by atoms with van der Waals surface area (Å²) < 4.78 is 1.48. The lowest BCUT2D eigenvalue weighted by atomic mass is 10.3. The van der Waals surface area contributed by atoms with Crippen LogP contribution in [0.5, 0.6) is 0 Å². The van der Waals surface area contributed by atoms with Crippen molar-refractivity contribution in [2.45, 2.75) is 16.8 Å². The van der Waals surface area contributed by atoms with Crippen LogP contribution in [0.4, 0.5) is 5.69 Å². The summed E-state index contributed by atoms with van der Waals surface area (Å²) in [5, 5.41) is 11.1. The zero-order chi connectivity index (χ0) is 14.1. The van der Waals surface area contributed by atoms with Gasteiger partial charge in [0.05, 0.1) is 5.69 Å². The first-order valence-electron chi connectivity index (χ1n) is 5.97. The molecule has 7 nitrogen and oxygen atoms in total. The van der Waals surface area contributed by atoms with E-state index in [1.807, 2.05) is 6.07 Å². The number of tetrazole rings is 1. The second-order valence-electron chi connectivity index (χ2n) is 4.30. The predicted octanol–water partition coefficient (Wildman–Crippen LogP) is 0.634. The molecule has 1 aromatic heterocycles. The van der Waals surface area contributed by atoms with Crippen molar-refractivity contribution in [3.8, 4) is 0 Å². The molecule has 1 saturated heterocycles. The van der Waals surface area contributed by atoms with E-state index in [1.54, 1.807) is 31.3 Å². The summed E-state index contributed by atoms with van der Waals surface area (Å²) in [5.74, 6) is -0.428. The van der Waals surface area contributed by atoms with Gasteiger partial charge >= 0.3 is 0 Å². The standard InChI is InChI=1S/C12H11N5O2S/c1-16-12(13-14-15-16)20-9-7-10(18)17(11(9)19)8-5-3-2-4-6-8/h2-6,9H,7H2,1H3/t9-/m1/s1. The SMILES string of the molecule is Cn1nnnc1S[C@@H]1CC(=O)N(c2ccccc2)C1=O. The van der Waals surface area contributed by atoms with Crippen LogP contribution in [0.25, 0.3) is 0 Å². The Bertz CT molecular complexity index is 657. The van der Waals surface area contributed by atoms with Crippen LogP contribution in [0.15, 0.2) is 35.5 Å². The molecule has 2 heterocycles. The molecule has 102 valence electrons. The molecule has 1 fully saturated rings. The quantitative estimate of drug-likeness (QED) is 0.771. The van der Waals surface area contributed by atoms with Crippen LogP contribution in [0.2, 0.25) is 0 Å². The van der Waals surface area contributed by atoms with E-state index in [2.05, 4.69) is 15.5 Å². The number of carbonyl (C=O) groups is 2. The summed E-state index contributed by atoms with van der Waals surface area (Å²) in [7, 11) is 1.69. The van der Waals surface area contributed by atoms with E-state index in [-0.39, 0.29) is 18.2 Å². The summed E-state index contributed by atoms with van der Waals surface area (Å²) in [6.45, 7) is 0. The van der Waals surface area contributed by atoms with Crippen molar-refractivity contribution < 1.29 is 9.59 Å². The second kappa shape index (κ2) is 5.04. The molecule has 1 aliphatic rings. The average molecular weight is 289 g/mol. The molecule has 1 atom stereocenters. The minimum absolute atomic E-state index is 0.158. The van der Waals surface area contributed by atoms with Gasteiger partial charge in [-0.1, -0.05) is 30.0 Å². The van der Waals surface area contributed by atoms with Crippen LogP contribution in [0.3, 0.4) is 0 Å². The highest BCUT2D eigenvalue weighted by Gasteiger charge is 2.40. The Labute approximate surface area is 118 Å². The number of imide groups is 1. The number of para-hydroxylation sites is 1. The third kappa shape index (κ3) is 2.18. The van der Waals surface area contributed by atoms with Crippen LogP contribution in [0.1, 0.15) is 6.42 Å². The van der Waals surface area contributed by atoms with Gasteiger partial charge in [0, 0.05) is 13.5 Å². The number of nitrogens with zero attached hydrogens (tertiary/aromatic N) is 5. The molecule has 2 amide bonds. The van der Waals surface area contributed by atoms with Gasteiger partial charge in [0.15, 0.2) is 0 Å². The average Bonchev–Trinajstić information content (AvgIpc) is 2.96. The van der Waals surface area contributed by atoms with Gasteiger partial charge in [-0.15, -0.1) is 5.10 Å². The molecule has 8 heteroatoms. The zero-order valence-corrected chi connectivity index (χ0v) is 11.4. The number of hydrogen-bond donors (Lipinski definition) is 0. The largest absolute Gasteiger partial charge is 0.274 e. The highest BCUT2D eigenvalue weighted by Crippen LogP contribution is 2.32. The molecule has 0 N–H and O–H groups in total. The molecule has 20 heavy (non-hydrogen) atoms. The Morgan fingerprint density at radius 2 is 2.00 bits per heavy atom. The first-order valence-corrected chi connectivity index (χ1v) is 6.85. The molecule has 0 saturated carbocycles. The predicted molar refractivity (Wildman–Crippen MR) is 72.0 cm³/mol. The first-order chi connectivity index (χ1) is 9.66. The maximum absolute atomic E-state index is 12.4. The molecular weight excluding hydrogens is 278 g/mol.